The smallest absolute Gasteiger partial charge is 0.255 e. The Bertz CT molecular complexity index is 1070. The molecule has 6 heteroatoms. The van der Waals surface area contributed by atoms with Gasteiger partial charge in [0.2, 0.25) is 5.91 Å². The molecule has 0 saturated heterocycles. The lowest BCUT2D eigenvalue weighted by Crippen LogP contribution is -2.22. The second kappa shape index (κ2) is 9.83. The molecule has 3 aromatic carbocycles. The van der Waals surface area contributed by atoms with Gasteiger partial charge in [-0.25, -0.2) is 0 Å². The van der Waals surface area contributed by atoms with E-state index in [0.29, 0.717) is 22.0 Å². The zero-order valence-corrected chi connectivity index (χ0v) is 18.6. The fourth-order valence-electron chi connectivity index (χ4n) is 2.86. The van der Waals surface area contributed by atoms with Crippen LogP contribution in [0.25, 0.3) is 0 Å². The average molecular weight is 439 g/mol. The number of nitrogens with one attached hydrogen (secondary N) is 2. The van der Waals surface area contributed by atoms with Crippen LogP contribution >= 0.6 is 23.4 Å². The SMILES string of the molecule is Cc1ccc(Cl)cc1NC(=O)C(C)Sc1ccc(NC(=O)c2ccccc2C)cc1. The van der Waals surface area contributed by atoms with Gasteiger partial charge in [0.15, 0.2) is 0 Å². The van der Waals surface area contributed by atoms with Crippen molar-refractivity contribution >= 4 is 46.6 Å². The molecular weight excluding hydrogens is 416 g/mol. The number of rotatable bonds is 6. The monoisotopic (exact) mass is 438 g/mol. The zero-order chi connectivity index (χ0) is 21.7. The first-order chi connectivity index (χ1) is 14.3. The number of carbonyl (C=O) groups excluding carboxylic acids is 2. The lowest BCUT2D eigenvalue weighted by molar-refractivity contribution is -0.115. The Labute approximate surface area is 186 Å². The summed E-state index contributed by atoms with van der Waals surface area (Å²) >= 11 is 7.47. The first-order valence-corrected chi connectivity index (χ1v) is 10.8. The van der Waals surface area contributed by atoms with Gasteiger partial charge in [0.1, 0.15) is 0 Å². The van der Waals surface area contributed by atoms with E-state index >= 15 is 0 Å². The Balaban J connectivity index is 1.59. The van der Waals surface area contributed by atoms with Crippen LogP contribution in [0.15, 0.2) is 71.6 Å². The van der Waals surface area contributed by atoms with Gasteiger partial charge in [0.25, 0.3) is 5.91 Å². The number of benzene rings is 3. The molecular formula is C24H23ClN2O2S. The second-order valence-electron chi connectivity index (χ2n) is 7.00. The van der Waals surface area contributed by atoms with E-state index < -0.39 is 0 Å². The molecule has 0 bridgehead atoms. The van der Waals surface area contributed by atoms with Crippen LogP contribution in [0.1, 0.15) is 28.4 Å². The van der Waals surface area contributed by atoms with E-state index in [2.05, 4.69) is 10.6 Å². The molecule has 3 aromatic rings. The quantitative estimate of drug-likeness (QED) is 0.442. The van der Waals surface area contributed by atoms with E-state index in [0.717, 1.165) is 16.0 Å². The molecule has 3 rings (SSSR count). The highest BCUT2D eigenvalue weighted by Gasteiger charge is 2.16. The van der Waals surface area contributed by atoms with Crippen LogP contribution in [0.2, 0.25) is 5.02 Å². The van der Waals surface area contributed by atoms with E-state index in [1.807, 2.05) is 69.3 Å². The van der Waals surface area contributed by atoms with Crippen LogP contribution in [-0.2, 0) is 4.79 Å². The summed E-state index contributed by atoms with van der Waals surface area (Å²) in [7, 11) is 0. The number of amides is 2. The zero-order valence-electron chi connectivity index (χ0n) is 17.0. The van der Waals surface area contributed by atoms with E-state index in [9.17, 15) is 9.59 Å². The third-order valence-corrected chi connectivity index (χ3v) is 5.99. The van der Waals surface area contributed by atoms with Crippen molar-refractivity contribution in [3.8, 4) is 0 Å². The molecule has 2 N–H and O–H groups in total. The normalized spacial score (nSPS) is 11.6. The van der Waals surface area contributed by atoms with Gasteiger partial charge in [0, 0.05) is 26.9 Å². The van der Waals surface area contributed by atoms with E-state index in [4.69, 9.17) is 11.6 Å². The number of carbonyl (C=O) groups is 2. The minimum absolute atomic E-state index is 0.0951. The number of hydrogen-bond donors (Lipinski definition) is 2. The fourth-order valence-corrected chi connectivity index (χ4v) is 3.90. The summed E-state index contributed by atoms with van der Waals surface area (Å²) in [6.07, 6.45) is 0. The van der Waals surface area contributed by atoms with Crippen molar-refractivity contribution in [2.24, 2.45) is 0 Å². The molecule has 0 aliphatic carbocycles. The number of thioether (sulfide) groups is 1. The first kappa shape index (κ1) is 21.9. The van der Waals surface area contributed by atoms with Crippen LogP contribution in [0.4, 0.5) is 11.4 Å². The van der Waals surface area contributed by atoms with Gasteiger partial charge in [-0.05, 0) is 74.4 Å². The van der Waals surface area contributed by atoms with Crippen molar-refractivity contribution in [2.75, 3.05) is 10.6 Å². The van der Waals surface area contributed by atoms with Gasteiger partial charge in [-0.15, -0.1) is 11.8 Å². The van der Waals surface area contributed by atoms with Gasteiger partial charge in [-0.3, -0.25) is 9.59 Å². The molecule has 1 unspecified atom stereocenters. The van der Waals surface area contributed by atoms with Gasteiger partial charge < -0.3 is 10.6 Å². The summed E-state index contributed by atoms with van der Waals surface area (Å²) in [5, 5.41) is 6.12. The van der Waals surface area contributed by atoms with Crippen LogP contribution in [0.3, 0.4) is 0 Å². The predicted octanol–water partition coefficient (Wildman–Crippen LogP) is 6.33. The van der Waals surface area contributed by atoms with Gasteiger partial charge >= 0.3 is 0 Å². The molecule has 0 aromatic heterocycles. The predicted molar refractivity (Wildman–Crippen MR) is 126 cm³/mol. The Morgan fingerprint density at radius 2 is 1.60 bits per heavy atom. The third-order valence-electron chi connectivity index (χ3n) is 4.64. The number of halogens is 1. The second-order valence-corrected chi connectivity index (χ2v) is 8.85. The molecule has 0 aliphatic heterocycles. The van der Waals surface area contributed by atoms with Crippen molar-refractivity contribution in [1.82, 2.24) is 0 Å². The summed E-state index contributed by atoms with van der Waals surface area (Å²) in [5.74, 6) is -0.236. The molecule has 0 spiro atoms. The van der Waals surface area contributed by atoms with Crippen molar-refractivity contribution < 1.29 is 9.59 Å². The Kier molecular flexibility index (Phi) is 7.19. The molecule has 4 nitrogen and oxygen atoms in total. The molecule has 0 radical (unpaired) electrons. The van der Waals surface area contributed by atoms with E-state index in [1.165, 1.54) is 11.8 Å². The van der Waals surface area contributed by atoms with Crippen LogP contribution < -0.4 is 10.6 Å². The molecule has 0 fully saturated rings. The maximum atomic E-state index is 12.5. The highest BCUT2D eigenvalue weighted by atomic mass is 35.5. The van der Waals surface area contributed by atoms with E-state index in [-0.39, 0.29) is 17.1 Å². The molecule has 1 atom stereocenters. The summed E-state index contributed by atoms with van der Waals surface area (Å²) in [6.45, 7) is 5.69. The minimum Gasteiger partial charge on any atom is -0.325 e. The third kappa shape index (κ3) is 5.65. The highest BCUT2D eigenvalue weighted by Crippen LogP contribution is 2.27. The average Bonchev–Trinajstić information content (AvgIpc) is 2.72. The topological polar surface area (TPSA) is 58.2 Å². The van der Waals surface area contributed by atoms with Crippen LogP contribution in [-0.4, -0.2) is 17.1 Å². The Hall–Kier alpha value is -2.76. The standard InChI is InChI=1S/C24H23ClN2O2S/c1-15-6-4-5-7-21(15)24(29)26-19-10-12-20(13-11-19)30-17(3)23(28)27-22-14-18(25)9-8-16(22)2/h4-14,17H,1-3H3,(H,26,29)(H,27,28). The van der Waals surface area contributed by atoms with Crippen LogP contribution in [0, 0.1) is 13.8 Å². The fraction of sp³-hybridized carbons (Fsp3) is 0.167. The van der Waals surface area contributed by atoms with Gasteiger partial charge in [-0.2, -0.15) is 0 Å². The number of anilines is 2. The Morgan fingerprint density at radius 1 is 0.900 bits per heavy atom. The number of aryl methyl sites for hydroxylation is 2. The van der Waals surface area contributed by atoms with Crippen molar-refractivity contribution in [3.05, 3.63) is 88.4 Å². The summed E-state index contributed by atoms with van der Waals surface area (Å²) in [4.78, 5) is 25.9. The molecule has 0 aliphatic rings. The van der Waals surface area contributed by atoms with Crippen molar-refractivity contribution in [3.63, 3.8) is 0 Å². The lowest BCUT2D eigenvalue weighted by Gasteiger charge is -2.14. The van der Waals surface area contributed by atoms with Crippen molar-refractivity contribution in [2.45, 2.75) is 30.9 Å². The first-order valence-electron chi connectivity index (χ1n) is 9.54. The highest BCUT2D eigenvalue weighted by molar-refractivity contribution is 8.00. The van der Waals surface area contributed by atoms with Crippen molar-refractivity contribution in [1.29, 1.82) is 0 Å². The number of hydrogen-bond acceptors (Lipinski definition) is 3. The largest absolute Gasteiger partial charge is 0.325 e. The summed E-state index contributed by atoms with van der Waals surface area (Å²) < 4.78 is 0. The van der Waals surface area contributed by atoms with Crippen LogP contribution in [0.5, 0.6) is 0 Å². The maximum Gasteiger partial charge on any atom is 0.255 e. The maximum absolute atomic E-state index is 12.5. The lowest BCUT2D eigenvalue weighted by atomic mass is 10.1. The van der Waals surface area contributed by atoms with Gasteiger partial charge in [-0.1, -0.05) is 35.9 Å². The van der Waals surface area contributed by atoms with Gasteiger partial charge in [0.05, 0.1) is 5.25 Å². The summed E-state index contributed by atoms with van der Waals surface area (Å²) in [6, 6.07) is 20.3. The molecule has 154 valence electrons. The minimum atomic E-state index is -0.296. The molecule has 0 heterocycles. The molecule has 0 saturated carbocycles. The molecule has 2 amide bonds. The van der Waals surface area contributed by atoms with E-state index in [1.54, 1.807) is 18.2 Å². The Morgan fingerprint density at radius 3 is 2.30 bits per heavy atom. The molecule has 30 heavy (non-hydrogen) atoms. The summed E-state index contributed by atoms with van der Waals surface area (Å²) in [5.41, 5.74) is 3.96.